The van der Waals surface area contributed by atoms with Crippen LogP contribution in [0.5, 0.6) is 0 Å². The number of aliphatic hydroxyl groups is 2. The number of hydrogen-bond acceptors (Lipinski definition) is 7. The Kier molecular flexibility index (Phi) is 5.48. The van der Waals surface area contributed by atoms with E-state index >= 15 is 0 Å². The third-order valence-electron chi connectivity index (χ3n) is 8.94. The summed E-state index contributed by atoms with van der Waals surface area (Å²) in [5, 5.41) is 31.1. The Morgan fingerprint density at radius 2 is 0.902 bits per heavy atom. The van der Waals surface area contributed by atoms with Gasteiger partial charge in [0.25, 0.3) is 0 Å². The summed E-state index contributed by atoms with van der Waals surface area (Å²) < 4.78 is 0. The Morgan fingerprint density at radius 3 is 1.32 bits per heavy atom. The van der Waals surface area contributed by atoms with E-state index in [1.807, 2.05) is 86.9 Å². The molecule has 2 atom stereocenters. The van der Waals surface area contributed by atoms with Crippen molar-refractivity contribution in [3.63, 3.8) is 0 Å². The van der Waals surface area contributed by atoms with Gasteiger partial charge in [-0.25, -0.2) is 0 Å². The van der Waals surface area contributed by atoms with Crippen molar-refractivity contribution in [1.82, 2.24) is 0 Å². The molecule has 10 N–H and O–H groups in total. The average molecular weight is 544 g/mol. The highest BCUT2D eigenvalue weighted by Crippen LogP contribution is 2.57. The molecule has 0 radical (unpaired) electrons. The van der Waals surface area contributed by atoms with Crippen LogP contribution in [0.4, 0.5) is 28.4 Å². The summed E-state index contributed by atoms with van der Waals surface area (Å²) >= 11 is 0. The summed E-state index contributed by atoms with van der Waals surface area (Å²) in [7, 11) is 3.98. The third kappa shape index (κ3) is 3.40. The van der Waals surface area contributed by atoms with Gasteiger partial charge in [-0.2, -0.15) is 0 Å². The average Bonchev–Trinajstić information content (AvgIpc) is 2.93. The van der Waals surface area contributed by atoms with E-state index in [0.29, 0.717) is 22.7 Å². The topological polar surface area (TPSA) is 148 Å². The zero-order valence-electron chi connectivity index (χ0n) is 23.0. The zero-order valence-corrected chi connectivity index (χ0v) is 23.0. The van der Waals surface area contributed by atoms with Crippen LogP contribution in [-0.4, -0.2) is 36.5 Å². The quantitative estimate of drug-likeness (QED) is 0.131. The monoisotopic (exact) mass is 543 g/mol. The van der Waals surface area contributed by atoms with Crippen molar-refractivity contribution in [2.24, 2.45) is 0 Å². The number of nitrogens with two attached hydrogens (primary N) is 4. The highest BCUT2D eigenvalue weighted by molar-refractivity contribution is 6.20. The first-order chi connectivity index (χ1) is 19.7. The van der Waals surface area contributed by atoms with E-state index in [1.165, 1.54) is 0 Å². The third-order valence-corrected chi connectivity index (χ3v) is 8.94. The van der Waals surface area contributed by atoms with Crippen molar-refractivity contribution in [3.8, 4) is 0 Å². The molecule has 0 bridgehead atoms. The van der Waals surface area contributed by atoms with Crippen molar-refractivity contribution >= 4 is 71.5 Å². The molecule has 1 fully saturated rings. The molecule has 41 heavy (non-hydrogen) atoms. The molecule has 7 nitrogen and oxygen atoms in total. The van der Waals surface area contributed by atoms with Gasteiger partial charge in [-0.1, -0.05) is 48.5 Å². The summed E-state index contributed by atoms with van der Waals surface area (Å²) in [4.78, 5) is 2.05. The number of aliphatic hydroxyl groups excluding tert-OH is 2. The summed E-state index contributed by atoms with van der Waals surface area (Å²) in [6.07, 6.45) is -1.90. The molecule has 0 heterocycles. The molecule has 0 aromatic heterocycles. The Bertz CT molecular complexity index is 1900. The molecule has 0 amide bonds. The molecule has 2 unspecified atom stereocenters. The highest BCUT2D eigenvalue weighted by Gasteiger charge is 2.53. The first-order valence-corrected chi connectivity index (χ1v) is 13.8. The lowest BCUT2D eigenvalue weighted by Crippen LogP contribution is -2.52. The Labute approximate surface area is 237 Å². The molecular formula is C34H33N5O2. The van der Waals surface area contributed by atoms with Gasteiger partial charge in [0.05, 0.1) is 17.9 Å². The first-order valence-electron chi connectivity index (χ1n) is 13.8. The van der Waals surface area contributed by atoms with Crippen LogP contribution in [0, 0.1) is 0 Å². The van der Waals surface area contributed by atoms with E-state index in [9.17, 15) is 10.2 Å². The Morgan fingerprint density at radius 1 is 0.537 bits per heavy atom. The SMILES string of the molecule is CN(C)c1c2cccc(N)c2c(C2C(O)C(c3c4c(N)cccc4cc4cccc(N)c34)C2O)c2c(N)cccc12. The number of nitrogen functional groups attached to an aromatic ring is 4. The molecule has 1 saturated carbocycles. The number of nitrogens with zero attached hydrogens (tertiary/aromatic N) is 1. The normalized spacial score (nSPS) is 20.6. The maximum absolute atomic E-state index is 12.1. The molecular weight excluding hydrogens is 510 g/mol. The van der Waals surface area contributed by atoms with Crippen LogP contribution >= 0.6 is 0 Å². The molecule has 0 aliphatic heterocycles. The standard InChI is InChI=1S/C34H33N5O2/c1-39(2)32-18-9-5-13-22(37)26(18)29(27-19(32)10-6-14-23(27)38)31-33(40)30(34(31)41)28-24-16(7-3-11-20(24)35)15-17-8-4-12-21(36)25(17)28/h3-15,30-31,33-34,40-41H,35-38H2,1-2H3. The minimum atomic E-state index is -0.950. The molecule has 1 aliphatic rings. The van der Waals surface area contributed by atoms with Gasteiger partial charge in [-0.05, 0) is 52.2 Å². The number of hydrogen-bond donors (Lipinski definition) is 6. The van der Waals surface area contributed by atoms with Gasteiger partial charge in [0.2, 0.25) is 0 Å². The van der Waals surface area contributed by atoms with Crippen molar-refractivity contribution in [3.05, 3.63) is 90.0 Å². The van der Waals surface area contributed by atoms with E-state index < -0.39 is 24.0 Å². The first kappa shape index (κ1) is 25.3. The number of fused-ring (bicyclic) bond motifs is 4. The van der Waals surface area contributed by atoms with E-state index in [4.69, 9.17) is 22.9 Å². The van der Waals surface area contributed by atoms with Gasteiger partial charge in [-0.3, -0.25) is 0 Å². The van der Waals surface area contributed by atoms with Gasteiger partial charge in [0, 0.05) is 81.0 Å². The zero-order chi connectivity index (χ0) is 28.7. The van der Waals surface area contributed by atoms with Crippen LogP contribution in [0.3, 0.4) is 0 Å². The molecule has 0 spiro atoms. The van der Waals surface area contributed by atoms with E-state index in [-0.39, 0.29) is 0 Å². The van der Waals surface area contributed by atoms with Crippen molar-refractivity contribution in [2.45, 2.75) is 24.0 Å². The van der Waals surface area contributed by atoms with Crippen LogP contribution in [0.15, 0.2) is 78.9 Å². The second kappa shape index (κ2) is 8.89. The molecule has 206 valence electrons. The number of rotatable bonds is 3. The molecule has 7 heteroatoms. The second-order valence-electron chi connectivity index (χ2n) is 11.4. The fourth-order valence-corrected chi connectivity index (χ4v) is 7.28. The van der Waals surface area contributed by atoms with E-state index in [0.717, 1.165) is 59.9 Å². The highest BCUT2D eigenvalue weighted by atomic mass is 16.3. The fourth-order valence-electron chi connectivity index (χ4n) is 7.28. The number of anilines is 5. The van der Waals surface area contributed by atoms with Crippen LogP contribution in [0.1, 0.15) is 23.0 Å². The van der Waals surface area contributed by atoms with Crippen molar-refractivity contribution in [1.29, 1.82) is 0 Å². The van der Waals surface area contributed by atoms with Gasteiger partial charge in [-0.15, -0.1) is 0 Å². The Hall–Kier alpha value is -4.72. The Balaban J connectivity index is 1.53. The molecule has 6 aromatic rings. The minimum Gasteiger partial charge on any atom is -0.398 e. The summed E-state index contributed by atoms with van der Waals surface area (Å²) in [5.41, 5.74) is 31.2. The predicted molar refractivity (Wildman–Crippen MR) is 172 cm³/mol. The lowest BCUT2D eigenvalue weighted by molar-refractivity contribution is -0.0765. The van der Waals surface area contributed by atoms with Crippen molar-refractivity contribution in [2.75, 3.05) is 41.9 Å². The lowest BCUT2D eigenvalue weighted by atomic mass is 9.60. The smallest absolute Gasteiger partial charge is 0.0728 e. The number of benzene rings is 6. The second-order valence-corrected chi connectivity index (χ2v) is 11.4. The van der Waals surface area contributed by atoms with E-state index in [2.05, 4.69) is 11.0 Å². The van der Waals surface area contributed by atoms with Crippen molar-refractivity contribution < 1.29 is 10.2 Å². The summed E-state index contributed by atoms with van der Waals surface area (Å²) in [6.45, 7) is 0. The molecule has 1 aliphatic carbocycles. The van der Waals surface area contributed by atoms with Crippen LogP contribution in [0.2, 0.25) is 0 Å². The molecule has 0 saturated heterocycles. The maximum atomic E-state index is 12.1. The summed E-state index contributed by atoms with van der Waals surface area (Å²) in [6, 6.07) is 25.2. The minimum absolute atomic E-state index is 0.567. The molecule has 6 aromatic carbocycles. The van der Waals surface area contributed by atoms with Gasteiger partial charge in [0.1, 0.15) is 0 Å². The van der Waals surface area contributed by atoms with E-state index in [1.54, 1.807) is 0 Å². The van der Waals surface area contributed by atoms with Gasteiger partial charge in [0.15, 0.2) is 0 Å². The van der Waals surface area contributed by atoms with Crippen LogP contribution < -0.4 is 27.8 Å². The largest absolute Gasteiger partial charge is 0.398 e. The maximum Gasteiger partial charge on any atom is 0.0728 e. The summed E-state index contributed by atoms with van der Waals surface area (Å²) in [5.74, 6) is -1.27. The van der Waals surface area contributed by atoms with Gasteiger partial charge >= 0.3 is 0 Å². The van der Waals surface area contributed by atoms with Crippen LogP contribution in [0.25, 0.3) is 43.1 Å². The predicted octanol–water partition coefficient (Wildman–Crippen LogP) is 5.30. The van der Waals surface area contributed by atoms with Gasteiger partial charge < -0.3 is 38.0 Å². The van der Waals surface area contributed by atoms with Crippen LogP contribution in [-0.2, 0) is 0 Å². The molecule has 7 rings (SSSR count). The fraction of sp³-hybridized carbons (Fsp3) is 0.176. The lowest BCUT2D eigenvalue weighted by Gasteiger charge is -2.48.